The summed E-state index contributed by atoms with van der Waals surface area (Å²) in [6.45, 7) is 8.93. The van der Waals surface area contributed by atoms with Gasteiger partial charge in [-0.2, -0.15) is 14.7 Å². The number of nitrogens with zero attached hydrogens (tertiary/aromatic N) is 8. The molecular formula is C46H57N11O8. The maximum absolute atomic E-state index is 13.3. The number of aromatic nitrogens is 7. The zero-order valence-electron chi connectivity index (χ0n) is 38.2. The average Bonchev–Trinajstić information content (AvgIpc) is 3.91. The monoisotopic (exact) mass is 891 g/mol. The molecule has 0 radical (unpaired) electrons. The Morgan fingerprint density at radius 1 is 0.831 bits per heavy atom. The number of methoxy groups -OCH3 is 2. The number of ether oxygens (including phenoxy) is 3. The van der Waals surface area contributed by atoms with Crippen molar-refractivity contribution < 1.29 is 38.8 Å². The predicted molar refractivity (Wildman–Crippen MR) is 245 cm³/mol. The highest BCUT2D eigenvalue weighted by molar-refractivity contribution is 6.04. The van der Waals surface area contributed by atoms with Crippen molar-refractivity contribution in [1.82, 2.24) is 34.2 Å². The highest BCUT2D eigenvalue weighted by Crippen LogP contribution is 2.42. The van der Waals surface area contributed by atoms with Gasteiger partial charge in [0.15, 0.2) is 17.2 Å². The molecule has 344 valence electrons. The molecule has 8 rings (SSSR count). The molecule has 1 amide bonds. The number of aliphatic hydroxyl groups is 2. The fourth-order valence-corrected chi connectivity index (χ4v) is 7.85. The Balaban J connectivity index is 0.000000198. The Bertz CT molecular complexity index is 2720. The molecule has 6 aromatic rings. The lowest BCUT2D eigenvalue weighted by Gasteiger charge is -2.42. The van der Waals surface area contributed by atoms with Crippen molar-refractivity contribution in [2.75, 3.05) is 49.2 Å². The quantitative estimate of drug-likeness (QED) is 0.0679. The van der Waals surface area contributed by atoms with Crippen LogP contribution in [0.4, 0.5) is 39.3 Å². The van der Waals surface area contributed by atoms with Gasteiger partial charge in [-0.3, -0.25) is 14.5 Å². The first-order chi connectivity index (χ1) is 30.8. The summed E-state index contributed by atoms with van der Waals surface area (Å²) in [6, 6.07) is 12.5. The zero-order valence-corrected chi connectivity index (χ0v) is 38.2. The maximum Gasteiger partial charge on any atom is 0.415 e. The first-order valence-electron chi connectivity index (χ1n) is 21.4. The highest BCUT2D eigenvalue weighted by Gasteiger charge is 2.43. The van der Waals surface area contributed by atoms with Crippen molar-refractivity contribution in [2.45, 2.75) is 89.9 Å². The van der Waals surface area contributed by atoms with Crippen molar-refractivity contribution in [3.63, 3.8) is 0 Å². The number of hydrogen-bond donors (Lipinski definition) is 5. The first-order valence-corrected chi connectivity index (χ1v) is 21.4. The lowest BCUT2D eigenvalue weighted by atomic mass is 9.68. The lowest BCUT2D eigenvalue weighted by Crippen LogP contribution is -2.45. The molecule has 0 saturated heterocycles. The van der Waals surface area contributed by atoms with Crippen molar-refractivity contribution in [1.29, 1.82) is 0 Å². The van der Waals surface area contributed by atoms with Gasteiger partial charge in [-0.1, -0.05) is 0 Å². The van der Waals surface area contributed by atoms with Crippen LogP contribution >= 0.6 is 0 Å². The second-order valence-electron chi connectivity index (χ2n) is 17.9. The van der Waals surface area contributed by atoms with Crippen LogP contribution in [-0.4, -0.2) is 107 Å². The van der Waals surface area contributed by atoms with Gasteiger partial charge in [-0.05, 0) is 102 Å². The molecule has 2 fully saturated rings. The van der Waals surface area contributed by atoms with E-state index in [1.165, 1.54) is 24.4 Å². The lowest BCUT2D eigenvalue weighted by molar-refractivity contribution is -0.0775. The number of ketones is 2. The van der Waals surface area contributed by atoms with Gasteiger partial charge in [0.25, 0.3) is 0 Å². The van der Waals surface area contributed by atoms with Crippen molar-refractivity contribution in [3.05, 3.63) is 78.4 Å². The Labute approximate surface area is 376 Å². The number of hydrogen-bond acceptors (Lipinski definition) is 16. The number of anilines is 6. The Morgan fingerprint density at radius 3 is 1.91 bits per heavy atom. The molecule has 0 aromatic carbocycles. The van der Waals surface area contributed by atoms with E-state index in [9.17, 15) is 24.6 Å². The van der Waals surface area contributed by atoms with E-state index in [1.807, 2.05) is 12.1 Å². The molecule has 2 saturated carbocycles. The fourth-order valence-electron chi connectivity index (χ4n) is 7.85. The van der Waals surface area contributed by atoms with Gasteiger partial charge in [0.2, 0.25) is 11.8 Å². The highest BCUT2D eigenvalue weighted by atomic mass is 16.6. The largest absolute Gasteiger partial charge is 0.480 e. The van der Waals surface area contributed by atoms with Crippen LogP contribution in [0.3, 0.4) is 0 Å². The smallest absolute Gasteiger partial charge is 0.415 e. The van der Waals surface area contributed by atoms with E-state index in [0.29, 0.717) is 75.0 Å². The number of nitrogens with one attached hydrogen (secondary N) is 3. The summed E-state index contributed by atoms with van der Waals surface area (Å²) in [6.07, 6.45) is 9.31. The summed E-state index contributed by atoms with van der Waals surface area (Å²) in [5, 5.41) is 38.9. The van der Waals surface area contributed by atoms with E-state index in [4.69, 9.17) is 14.2 Å². The molecule has 0 aliphatic heterocycles. The van der Waals surface area contributed by atoms with Gasteiger partial charge >= 0.3 is 6.09 Å². The molecule has 19 heteroatoms. The number of carbonyl (C=O) groups is 3. The van der Waals surface area contributed by atoms with E-state index in [0.717, 1.165) is 19.3 Å². The first kappa shape index (κ1) is 46.1. The Hall–Kier alpha value is -6.86. The molecule has 2 aliphatic rings. The molecule has 0 bridgehead atoms. The number of fused-ring (bicyclic) bond motifs is 2. The molecule has 19 nitrogen and oxygen atoms in total. The Morgan fingerprint density at radius 2 is 1.38 bits per heavy atom. The molecular weight excluding hydrogens is 835 g/mol. The van der Waals surface area contributed by atoms with Crippen LogP contribution in [0.15, 0.2) is 67.3 Å². The maximum atomic E-state index is 13.3. The van der Waals surface area contributed by atoms with E-state index >= 15 is 0 Å². The van der Waals surface area contributed by atoms with Crippen LogP contribution in [0.25, 0.3) is 11.2 Å². The number of pyridine rings is 3. The van der Waals surface area contributed by atoms with Crippen LogP contribution in [0, 0.1) is 11.8 Å². The standard InChI is InChI=1S/C26H33N5O5.C20H24N6O3/c1-25(2,3)36-24(33)30(5)22-14-17(29-19-8-7-11-27-23(19)35-6)13-20-18(15-28-31(20)22)21(32)12-16-9-10-26(16,4)34;1-20(28)7-6-12(20)9-15(27)13-11-23-26-17(21-2)10-16(25-18(13)26)24-14-5-4-8-22-19(14)29-3/h7-8,11,13-16,29,34H,9-10,12H2,1-6H3;4-5,8,10-12,21,28H,6-7,9H2,1-3H3,(H,24,25)/t16?,26-;12?,20-/m11/s1. The fraction of sp³-hybridized carbons (Fsp3) is 0.435. The third-order valence-corrected chi connectivity index (χ3v) is 12.0. The van der Waals surface area contributed by atoms with Crippen molar-refractivity contribution in [3.8, 4) is 11.8 Å². The van der Waals surface area contributed by atoms with E-state index in [1.54, 1.807) is 108 Å². The topological polar surface area (TPSA) is 232 Å². The Kier molecular flexibility index (Phi) is 13.0. The summed E-state index contributed by atoms with van der Waals surface area (Å²) >= 11 is 0. The molecule has 6 aromatic heterocycles. The van der Waals surface area contributed by atoms with Gasteiger partial charge in [-0.15, -0.1) is 0 Å². The number of rotatable bonds is 14. The minimum absolute atomic E-state index is 0.0327. The number of Topliss-reactive ketones (excluding diaryl/α,β-unsaturated/α-hetero) is 2. The molecule has 65 heavy (non-hydrogen) atoms. The zero-order chi connectivity index (χ0) is 46.8. The summed E-state index contributed by atoms with van der Waals surface area (Å²) in [7, 11) is 6.44. The predicted octanol–water partition coefficient (Wildman–Crippen LogP) is 7.24. The van der Waals surface area contributed by atoms with Gasteiger partial charge in [-0.25, -0.2) is 24.3 Å². The van der Waals surface area contributed by atoms with Crippen LogP contribution in [-0.2, 0) is 4.74 Å². The third-order valence-electron chi connectivity index (χ3n) is 12.0. The van der Waals surface area contributed by atoms with Crippen LogP contribution in [0.5, 0.6) is 11.8 Å². The van der Waals surface area contributed by atoms with Gasteiger partial charge in [0.1, 0.15) is 34.4 Å². The minimum atomic E-state index is -0.829. The van der Waals surface area contributed by atoms with Crippen molar-refractivity contribution in [2.24, 2.45) is 11.8 Å². The van der Waals surface area contributed by atoms with E-state index < -0.39 is 22.9 Å². The van der Waals surface area contributed by atoms with Crippen LogP contribution in [0.1, 0.15) is 93.9 Å². The summed E-state index contributed by atoms with van der Waals surface area (Å²) < 4.78 is 19.3. The molecule has 0 spiro atoms. The van der Waals surface area contributed by atoms with Gasteiger partial charge in [0, 0.05) is 57.2 Å². The summed E-state index contributed by atoms with van der Waals surface area (Å²) in [5.41, 5.74) is 1.42. The molecule has 6 heterocycles. The third kappa shape index (κ3) is 9.95. The minimum Gasteiger partial charge on any atom is -0.480 e. The average molecular weight is 892 g/mol. The molecule has 2 unspecified atom stereocenters. The molecule has 4 atom stereocenters. The summed E-state index contributed by atoms with van der Waals surface area (Å²) in [4.78, 5) is 53.4. The van der Waals surface area contributed by atoms with Crippen LogP contribution in [0.2, 0.25) is 0 Å². The second-order valence-corrected chi connectivity index (χ2v) is 17.9. The van der Waals surface area contributed by atoms with E-state index in [2.05, 4.69) is 41.1 Å². The van der Waals surface area contributed by atoms with Crippen LogP contribution < -0.4 is 30.3 Å². The summed E-state index contributed by atoms with van der Waals surface area (Å²) in [5.74, 6) is 2.14. The molecule has 5 N–H and O–H groups in total. The number of amides is 1. The molecule has 2 aliphatic carbocycles. The van der Waals surface area contributed by atoms with Gasteiger partial charge < -0.3 is 40.4 Å². The van der Waals surface area contributed by atoms with Crippen molar-refractivity contribution >= 4 is 63.3 Å². The van der Waals surface area contributed by atoms with E-state index in [-0.39, 0.29) is 36.2 Å². The SMILES string of the molecule is CNc1cc(Nc2cccnc2OC)nc2c(C(=O)CC3CC[C@@]3(C)O)cnn12.COc1ncccc1Nc1cc(N(C)C(=O)OC(C)(C)C)n2ncc(C(=O)CC3CC[C@@]3(C)O)c2c1. The van der Waals surface area contributed by atoms with Gasteiger partial charge in [0.05, 0.1) is 54.5 Å². The second kappa shape index (κ2) is 18.3. The number of carbonyl (C=O) groups excluding carboxylic acids is 3. The normalized spacial score (nSPS) is 20.1.